The maximum Gasteiger partial charge on any atom is 0.117 e. The molecular weight excluding hydrogens is 176 g/mol. The van der Waals surface area contributed by atoms with Gasteiger partial charge in [0, 0.05) is 6.04 Å². The van der Waals surface area contributed by atoms with Crippen molar-refractivity contribution in [2.75, 3.05) is 6.54 Å². The van der Waals surface area contributed by atoms with E-state index in [1.807, 2.05) is 12.1 Å². The van der Waals surface area contributed by atoms with Crippen molar-refractivity contribution < 1.29 is 4.42 Å². The maximum absolute atomic E-state index is 5.91. The van der Waals surface area contributed by atoms with Gasteiger partial charge < -0.3 is 15.5 Å². The summed E-state index contributed by atoms with van der Waals surface area (Å²) in [7, 11) is 0. The summed E-state index contributed by atoms with van der Waals surface area (Å²) in [4.78, 5) is 0. The topological polar surface area (TPSA) is 51.2 Å². The molecular formula is C11H20N2O. The van der Waals surface area contributed by atoms with Crippen LogP contribution in [0.4, 0.5) is 0 Å². The van der Waals surface area contributed by atoms with Crippen LogP contribution in [0.3, 0.4) is 0 Å². The Morgan fingerprint density at radius 3 is 2.86 bits per heavy atom. The van der Waals surface area contributed by atoms with E-state index < -0.39 is 0 Å². The van der Waals surface area contributed by atoms with Crippen LogP contribution in [0, 0.1) is 5.92 Å². The van der Waals surface area contributed by atoms with E-state index in [2.05, 4.69) is 19.2 Å². The molecule has 80 valence electrons. The van der Waals surface area contributed by atoms with Gasteiger partial charge in [0.2, 0.25) is 0 Å². The van der Waals surface area contributed by atoms with Gasteiger partial charge in [0.25, 0.3) is 0 Å². The fourth-order valence-corrected chi connectivity index (χ4v) is 1.23. The van der Waals surface area contributed by atoms with Crippen LogP contribution in [-0.2, 0) is 6.54 Å². The summed E-state index contributed by atoms with van der Waals surface area (Å²) in [6, 6.07) is 4.16. The minimum atomic E-state index is 0.291. The van der Waals surface area contributed by atoms with E-state index in [0.29, 0.717) is 12.0 Å². The predicted molar refractivity (Wildman–Crippen MR) is 57.8 cm³/mol. The molecule has 1 aromatic heterocycles. The van der Waals surface area contributed by atoms with Crippen molar-refractivity contribution in [3.05, 3.63) is 24.2 Å². The van der Waals surface area contributed by atoms with Crippen molar-refractivity contribution in [2.24, 2.45) is 11.7 Å². The summed E-state index contributed by atoms with van der Waals surface area (Å²) in [6.07, 6.45) is 2.70. The Bertz CT molecular complexity index is 231. The summed E-state index contributed by atoms with van der Waals surface area (Å²) >= 11 is 0. The second kappa shape index (κ2) is 5.83. The Morgan fingerprint density at radius 1 is 1.50 bits per heavy atom. The molecule has 0 spiro atoms. The normalized spacial score (nSPS) is 13.4. The number of furan rings is 1. The molecule has 0 bridgehead atoms. The Kier molecular flexibility index (Phi) is 4.70. The molecule has 1 heterocycles. The number of hydrogen-bond donors (Lipinski definition) is 2. The third kappa shape index (κ3) is 3.94. The number of rotatable bonds is 6. The lowest BCUT2D eigenvalue weighted by Crippen LogP contribution is -2.30. The van der Waals surface area contributed by atoms with E-state index in [1.54, 1.807) is 6.26 Å². The van der Waals surface area contributed by atoms with Gasteiger partial charge in [-0.2, -0.15) is 0 Å². The van der Waals surface area contributed by atoms with E-state index in [0.717, 1.165) is 25.3 Å². The maximum atomic E-state index is 5.91. The highest BCUT2D eigenvalue weighted by Gasteiger charge is 2.06. The molecule has 0 saturated carbocycles. The Balaban J connectivity index is 2.05. The van der Waals surface area contributed by atoms with Gasteiger partial charge >= 0.3 is 0 Å². The molecule has 0 radical (unpaired) electrons. The molecule has 3 heteroatoms. The highest BCUT2D eigenvalue weighted by Crippen LogP contribution is 2.02. The zero-order chi connectivity index (χ0) is 10.4. The van der Waals surface area contributed by atoms with Crippen molar-refractivity contribution in [2.45, 2.75) is 32.9 Å². The first-order valence-electron chi connectivity index (χ1n) is 5.19. The summed E-state index contributed by atoms with van der Waals surface area (Å²) in [5.41, 5.74) is 5.91. The highest BCUT2D eigenvalue weighted by atomic mass is 16.3. The van der Waals surface area contributed by atoms with Gasteiger partial charge in [-0.15, -0.1) is 0 Å². The zero-order valence-corrected chi connectivity index (χ0v) is 8.99. The standard InChI is InChI=1S/C11H20N2O/c1-9(2)11(12)5-6-13-8-10-4-3-7-14-10/h3-4,7,9,11,13H,5-6,8,12H2,1-2H3. The van der Waals surface area contributed by atoms with Gasteiger partial charge in [0.05, 0.1) is 12.8 Å². The second-order valence-corrected chi connectivity index (χ2v) is 3.95. The average Bonchev–Trinajstić information content (AvgIpc) is 2.64. The minimum absolute atomic E-state index is 0.291. The van der Waals surface area contributed by atoms with Crippen LogP contribution in [0.15, 0.2) is 22.8 Å². The van der Waals surface area contributed by atoms with Crippen molar-refractivity contribution in [3.8, 4) is 0 Å². The smallest absolute Gasteiger partial charge is 0.117 e. The van der Waals surface area contributed by atoms with E-state index in [9.17, 15) is 0 Å². The Hall–Kier alpha value is -0.800. The molecule has 0 fully saturated rings. The van der Waals surface area contributed by atoms with Crippen LogP contribution in [0.2, 0.25) is 0 Å². The number of nitrogens with one attached hydrogen (secondary N) is 1. The molecule has 0 amide bonds. The lowest BCUT2D eigenvalue weighted by Gasteiger charge is -2.15. The minimum Gasteiger partial charge on any atom is -0.468 e. The third-order valence-electron chi connectivity index (χ3n) is 2.39. The van der Waals surface area contributed by atoms with Gasteiger partial charge in [-0.25, -0.2) is 0 Å². The van der Waals surface area contributed by atoms with E-state index in [1.165, 1.54) is 0 Å². The first-order valence-corrected chi connectivity index (χ1v) is 5.19. The second-order valence-electron chi connectivity index (χ2n) is 3.95. The summed E-state index contributed by atoms with van der Waals surface area (Å²) < 4.78 is 5.19. The quantitative estimate of drug-likeness (QED) is 0.681. The van der Waals surface area contributed by atoms with E-state index in [4.69, 9.17) is 10.2 Å². The summed E-state index contributed by atoms with van der Waals surface area (Å²) in [5.74, 6) is 1.53. The van der Waals surface area contributed by atoms with Crippen LogP contribution in [0.1, 0.15) is 26.0 Å². The van der Waals surface area contributed by atoms with Crippen LogP contribution in [-0.4, -0.2) is 12.6 Å². The highest BCUT2D eigenvalue weighted by molar-refractivity contribution is 4.97. The Morgan fingerprint density at radius 2 is 2.29 bits per heavy atom. The summed E-state index contributed by atoms with van der Waals surface area (Å²) in [5, 5.41) is 3.30. The fourth-order valence-electron chi connectivity index (χ4n) is 1.23. The molecule has 1 unspecified atom stereocenters. The molecule has 0 aliphatic rings. The average molecular weight is 196 g/mol. The van der Waals surface area contributed by atoms with Gasteiger partial charge in [0.15, 0.2) is 0 Å². The van der Waals surface area contributed by atoms with Crippen LogP contribution >= 0.6 is 0 Å². The molecule has 0 aromatic carbocycles. The number of hydrogen-bond acceptors (Lipinski definition) is 3. The van der Waals surface area contributed by atoms with Gasteiger partial charge in [0.1, 0.15) is 5.76 Å². The SMILES string of the molecule is CC(C)C(N)CCNCc1ccco1. The third-order valence-corrected chi connectivity index (χ3v) is 2.39. The molecule has 0 saturated heterocycles. The molecule has 3 N–H and O–H groups in total. The molecule has 14 heavy (non-hydrogen) atoms. The first kappa shape index (κ1) is 11.3. The van der Waals surface area contributed by atoms with E-state index in [-0.39, 0.29) is 0 Å². The molecule has 1 rings (SSSR count). The van der Waals surface area contributed by atoms with Gasteiger partial charge in [-0.1, -0.05) is 13.8 Å². The van der Waals surface area contributed by atoms with Crippen molar-refractivity contribution in [3.63, 3.8) is 0 Å². The monoisotopic (exact) mass is 196 g/mol. The van der Waals surface area contributed by atoms with Crippen molar-refractivity contribution in [1.29, 1.82) is 0 Å². The van der Waals surface area contributed by atoms with Crippen molar-refractivity contribution in [1.82, 2.24) is 5.32 Å². The van der Waals surface area contributed by atoms with Gasteiger partial charge in [-0.05, 0) is 31.0 Å². The largest absolute Gasteiger partial charge is 0.468 e. The first-order chi connectivity index (χ1) is 6.70. The molecule has 0 aliphatic carbocycles. The zero-order valence-electron chi connectivity index (χ0n) is 8.99. The Labute approximate surface area is 85.7 Å². The van der Waals surface area contributed by atoms with Gasteiger partial charge in [-0.3, -0.25) is 0 Å². The van der Waals surface area contributed by atoms with Crippen LogP contribution < -0.4 is 11.1 Å². The van der Waals surface area contributed by atoms with E-state index >= 15 is 0 Å². The molecule has 1 aromatic rings. The summed E-state index contributed by atoms with van der Waals surface area (Å²) in [6.45, 7) is 6.03. The lowest BCUT2D eigenvalue weighted by atomic mass is 10.0. The van der Waals surface area contributed by atoms with Crippen molar-refractivity contribution >= 4 is 0 Å². The molecule has 3 nitrogen and oxygen atoms in total. The molecule has 1 atom stereocenters. The van der Waals surface area contributed by atoms with Crippen LogP contribution in [0.25, 0.3) is 0 Å². The lowest BCUT2D eigenvalue weighted by molar-refractivity contribution is 0.434. The predicted octanol–water partition coefficient (Wildman–Crippen LogP) is 1.74. The van der Waals surface area contributed by atoms with Crippen LogP contribution in [0.5, 0.6) is 0 Å². The fraction of sp³-hybridized carbons (Fsp3) is 0.636. The molecule has 0 aliphatic heterocycles. The number of nitrogens with two attached hydrogens (primary N) is 1.